The van der Waals surface area contributed by atoms with Gasteiger partial charge in [0.05, 0.1) is 10.1 Å². The summed E-state index contributed by atoms with van der Waals surface area (Å²) < 4.78 is 0.940. The summed E-state index contributed by atoms with van der Waals surface area (Å²) in [7, 11) is 0. The first-order chi connectivity index (χ1) is 12.4. The van der Waals surface area contributed by atoms with Crippen LogP contribution in [0.3, 0.4) is 0 Å². The van der Waals surface area contributed by atoms with Gasteiger partial charge in [0.15, 0.2) is 0 Å². The van der Waals surface area contributed by atoms with Crippen LogP contribution in [0.25, 0.3) is 31.6 Å². The summed E-state index contributed by atoms with van der Waals surface area (Å²) >= 11 is 1.58. The average Bonchev–Trinajstić information content (AvgIpc) is 3.10. The number of rotatable bonds is 0. The Balaban J connectivity index is 2.13. The lowest BCUT2D eigenvalue weighted by Gasteiger charge is -1.86. The Morgan fingerprint density at radius 1 is 0.480 bits per heavy atom. The van der Waals surface area contributed by atoms with Crippen molar-refractivity contribution >= 4 is 43.0 Å². The monoisotopic (exact) mass is 330 g/mol. The molecule has 1 heteroatoms. The molecule has 0 saturated carbocycles. The first kappa shape index (κ1) is 14.9. The second-order valence-corrected chi connectivity index (χ2v) is 6.17. The number of benzene rings is 2. The van der Waals surface area contributed by atoms with Crippen LogP contribution in [0.1, 0.15) is 0 Å². The van der Waals surface area contributed by atoms with Crippen molar-refractivity contribution in [2.75, 3.05) is 0 Å². The van der Waals surface area contributed by atoms with Crippen LogP contribution < -0.4 is 0 Å². The third kappa shape index (κ3) is 3.34. The Morgan fingerprint density at radius 2 is 0.960 bits per heavy atom. The van der Waals surface area contributed by atoms with Gasteiger partial charge in [-0.05, 0) is 53.9 Å². The van der Waals surface area contributed by atoms with Gasteiger partial charge in [-0.1, -0.05) is 54.6 Å². The highest BCUT2D eigenvalue weighted by Gasteiger charge is 1.88. The van der Waals surface area contributed by atoms with Crippen LogP contribution in [0.15, 0.2) is 60.0 Å². The molecule has 0 aliphatic rings. The van der Waals surface area contributed by atoms with Crippen LogP contribution in [0, 0.1) is 48.5 Å². The van der Waals surface area contributed by atoms with Crippen LogP contribution in [-0.4, -0.2) is 0 Å². The van der Waals surface area contributed by atoms with Gasteiger partial charge in [-0.25, -0.2) is 0 Å². The fraction of sp³-hybridized carbons (Fsp3) is 0. The zero-order valence-electron chi connectivity index (χ0n) is 13.2. The van der Waals surface area contributed by atoms with Gasteiger partial charge < -0.3 is 0 Å². The summed E-state index contributed by atoms with van der Waals surface area (Å²) in [4.78, 5) is 0. The molecule has 0 atom stereocenters. The molecular formula is C24H10S. The van der Waals surface area contributed by atoms with Crippen LogP contribution in [0.2, 0.25) is 0 Å². The molecule has 0 nitrogen and oxygen atoms in total. The molecule has 0 saturated heterocycles. The highest BCUT2D eigenvalue weighted by Crippen LogP contribution is 2.14. The van der Waals surface area contributed by atoms with Gasteiger partial charge in [0.2, 0.25) is 0 Å². The van der Waals surface area contributed by atoms with E-state index < -0.39 is 0 Å². The van der Waals surface area contributed by atoms with E-state index in [-0.39, 0.29) is 0 Å². The molecule has 0 radical (unpaired) electrons. The minimum absolute atomic E-state index is 0.885. The van der Waals surface area contributed by atoms with Crippen molar-refractivity contribution < 1.29 is 0 Å². The van der Waals surface area contributed by atoms with Crippen LogP contribution in [-0.2, 0) is 0 Å². The quantitative estimate of drug-likeness (QED) is 0.379. The van der Waals surface area contributed by atoms with E-state index in [0.29, 0.717) is 0 Å². The molecule has 3 aromatic carbocycles. The predicted octanol–water partition coefficient (Wildman–Crippen LogP) is 5.86. The summed E-state index contributed by atoms with van der Waals surface area (Å²) in [5, 5.41) is 6.54. The Bertz CT molecular complexity index is 1150. The highest BCUT2D eigenvalue weighted by molar-refractivity contribution is 7.17. The third-order valence-electron chi connectivity index (χ3n) is 3.62. The Labute approximate surface area is 151 Å². The molecule has 4 aromatic rings. The maximum Gasteiger partial charge on any atom is 0.0935 e. The molecule has 0 aliphatic heterocycles. The van der Waals surface area contributed by atoms with Crippen molar-refractivity contribution in [3.05, 3.63) is 109 Å². The van der Waals surface area contributed by atoms with E-state index in [0.717, 1.165) is 31.6 Å². The molecule has 0 amide bonds. The zero-order chi connectivity index (χ0) is 16.9. The van der Waals surface area contributed by atoms with Crippen LogP contribution in [0.5, 0.6) is 0 Å². The highest BCUT2D eigenvalue weighted by atomic mass is 32.1. The van der Waals surface area contributed by atoms with E-state index in [1.165, 1.54) is 0 Å². The molecule has 0 spiro atoms. The SMILES string of the molecule is c1c#cc2sccc2c#cc2ccccc2c#cc2ccccc2c#1. The van der Waals surface area contributed by atoms with Gasteiger partial charge in [0, 0.05) is 21.5 Å². The first-order valence-corrected chi connectivity index (χ1v) is 8.60. The largest absolute Gasteiger partial charge is 0.134 e. The molecule has 0 bridgehead atoms. The molecular weight excluding hydrogens is 320 g/mol. The zero-order valence-corrected chi connectivity index (χ0v) is 14.0. The molecule has 0 fully saturated rings. The lowest BCUT2D eigenvalue weighted by atomic mass is 10.2. The summed E-state index contributed by atoms with van der Waals surface area (Å²) in [6.07, 6.45) is 0. The molecule has 1 heterocycles. The maximum absolute atomic E-state index is 3.24. The second kappa shape index (κ2) is 6.87. The van der Waals surface area contributed by atoms with Gasteiger partial charge in [-0.15, -0.1) is 11.3 Å². The van der Waals surface area contributed by atoms with Gasteiger partial charge in [-0.2, -0.15) is 0 Å². The minimum Gasteiger partial charge on any atom is -0.134 e. The van der Waals surface area contributed by atoms with Crippen molar-refractivity contribution in [3.8, 4) is 0 Å². The summed E-state index contributed by atoms with van der Waals surface area (Å²) in [6.45, 7) is 0. The molecule has 1 aromatic heterocycles. The third-order valence-corrected chi connectivity index (χ3v) is 4.45. The van der Waals surface area contributed by atoms with Crippen molar-refractivity contribution in [1.29, 1.82) is 0 Å². The van der Waals surface area contributed by atoms with Gasteiger partial charge in [0.25, 0.3) is 0 Å². The molecule has 4 rings (SSSR count). The standard InChI is InChI=1S/C24H10S/c1-2-9-20-13-14-21-10-3-4-11-22(21)15-16-23-17-18-25-24(23)12-6-5-8-19(20)7-1/h1-4,7,9-11,17-18H. The van der Waals surface area contributed by atoms with Crippen molar-refractivity contribution in [2.45, 2.75) is 0 Å². The van der Waals surface area contributed by atoms with Crippen molar-refractivity contribution in [3.63, 3.8) is 0 Å². The number of thiophene rings is 1. The van der Waals surface area contributed by atoms with E-state index in [2.05, 4.69) is 48.5 Å². The van der Waals surface area contributed by atoms with E-state index in [4.69, 9.17) is 0 Å². The smallest absolute Gasteiger partial charge is 0.0935 e. The lowest BCUT2D eigenvalue weighted by molar-refractivity contribution is 1.80. The fourth-order valence-electron chi connectivity index (χ4n) is 2.36. The lowest BCUT2D eigenvalue weighted by Crippen LogP contribution is -1.64. The second-order valence-electron chi connectivity index (χ2n) is 5.25. The number of hydrogen-bond donors (Lipinski definition) is 0. The molecule has 0 unspecified atom stereocenters. The predicted molar refractivity (Wildman–Crippen MR) is 103 cm³/mol. The molecule has 25 heavy (non-hydrogen) atoms. The van der Waals surface area contributed by atoms with Crippen LogP contribution in [0.4, 0.5) is 0 Å². The fourth-order valence-corrected chi connectivity index (χ4v) is 3.06. The topological polar surface area (TPSA) is 0 Å². The molecule has 112 valence electrons. The van der Waals surface area contributed by atoms with E-state index in [1.54, 1.807) is 11.3 Å². The Hall–Kier alpha value is -3.62. The minimum atomic E-state index is 0.885. The van der Waals surface area contributed by atoms with Gasteiger partial charge in [-0.3, -0.25) is 0 Å². The Morgan fingerprint density at radius 3 is 1.56 bits per heavy atom. The van der Waals surface area contributed by atoms with Crippen molar-refractivity contribution in [2.24, 2.45) is 0 Å². The van der Waals surface area contributed by atoms with Crippen molar-refractivity contribution in [1.82, 2.24) is 0 Å². The van der Waals surface area contributed by atoms with Crippen LogP contribution >= 0.6 is 11.3 Å². The van der Waals surface area contributed by atoms with E-state index >= 15 is 0 Å². The number of hydrogen-bond acceptors (Lipinski definition) is 1. The van der Waals surface area contributed by atoms with Gasteiger partial charge in [0.1, 0.15) is 0 Å². The summed E-state index contributed by atoms with van der Waals surface area (Å²) in [6, 6.07) is 42.8. The van der Waals surface area contributed by atoms with E-state index in [9.17, 15) is 0 Å². The summed E-state index contributed by atoms with van der Waals surface area (Å²) in [5.41, 5.74) is 0. The summed E-state index contributed by atoms with van der Waals surface area (Å²) in [5.74, 6) is 0. The average molecular weight is 330 g/mol. The number of fused-ring (bicyclic) bond motifs is 3. The molecule has 0 aliphatic carbocycles. The Kier molecular flexibility index (Phi) is 4.11. The maximum atomic E-state index is 3.24. The molecule has 0 N–H and O–H groups in total. The first-order valence-electron chi connectivity index (χ1n) is 7.72. The van der Waals surface area contributed by atoms with Gasteiger partial charge >= 0.3 is 0 Å². The normalized spacial score (nSPS) is 9.12. The van der Waals surface area contributed by atoms with E-state index in [1.807, 2.05) is 60.0 Å².